The molecular formula is C24H26O6. The Labute approximate surface area is 176 Å². The summed E-state index contributed by atoms with van der Waals surface area (Å²) in [5.41, 5.74) is 1.97. The molecule has 3 rings (SSSR count). The molecule has 0 aliphatic heterocycles. The molecule has 0 fully saturated rings. The summed E-state index contributed by atoms with van der Waals surface area (Å²) in [6, 6.07) is 19.3. The molecule has 30 heavy (non-hydrogen) atoms. The van der Waals surface area contributed by atoms with Crippen molar-refractivity contribution in [3.05, 3.63) is 83.9 Å². The van der Waals surface area contributed by atoms with Gasteiger partial charge in [-0.1, -0.05) is 72.8 Å². The van der Waals surface area contributed by atoms with Crippen LogP contribution >= 0.6 is 0 Å². The molecule has 0 amide bonds. The molecule has 4 atom stereocenters. The molecule has 0 saturated carbocycles. The van der Waals surface area contributed by atoms with Gasteiger partial charge in [0.2, 0.25) is 0 Å². The maximum absolute atomic E-state index is 11.8. The number of rotatable bonds is 8. The fraction of sp³-hybridized carbons (Fsp3) is 0.333. The van der Waals surface area contributed by atoms with Crippen LogP contribution in [-0.4, -0.2) is 36.4 Å². The van der Waals surface area contributed by atoms with Crippen LogP contribution in [0, 0.1) is 0 Å². The topological polar surface area (TPSA) is 71.1 Å². The van der Waals surface area contributed by atoms with Crippen molar-refractivity contribution < 1.29 is 28.5 Å². The van der Waals surface area contributed by atoms with E-state index >= 15 is 0 Å². The number of carbonyl (C=O) groups is 2. The quantitative estimate of drug-likeness (QED) is 0.489. The lowest BCUT2D eigenvalue weighted by molar-refractivity contribution is -0.190. The molecule has 1 aliphatic carbocycles. The largest absolute Gasteiger partial charge is 0.455 e. The molecule has 6 nitrogen and oxygen atoms in total. The summed E-state index contributed by atoms with van der Waals surface area (Å²) in [6.45, 7) is 3.29. The summed E-state index contributed by atoms with van der Waals surface area (Å²) in [5.74, 6) is -0.967. The van der Waals surface area contributed by atoms with E-state index in [0.29, 0.717) is 13.2 Å². The molecule has 6 heteroatoms. The van der Waals surface area contributed by atoms with Crippen LogP contribution in [0.1, 0.15) is 25.0 Å². The first-order valence-electron chi connectivity index (χ1n) is 9.87. The Morgan fingerprint density at radius 3 is 1.37 bits per heavy atom. The molecule has 0 spiro atoms. The van der Waals surface area contributed by atoms with E-state index in [1.54, 1.807) is 12.2 Å². The Bertz CT molecular complexity index is 777. The van der Waals surface area contributed by atoms with Crippen LogP contribution in [0.15, 0.2) is 72.8 Å². The van der Waals surface area contributed by atoms with Crippen LogP contribution in [0.3, 0.4) is 0 Å². The third-order valence-electron chi connectivity index (χ3n) is 4.64. The fourth-order valence-corrected chi connectivity index (χ4v) is 3.30. The van der Waals surface area contributed by atoms with Gasteiger partial charge in [0, 0.05) is 13.8 Å². The van der Waals surface area contributed by atoms with Gasteiger partial charge >= 0.3 is 11.9 Å². The first-order valence-corrected chi connectivity index (χ1v) is 9.87. The maximum atomic E-state index is 11.8. The zero-order valence-corrected chi connectivity index (χ0v) is 17.1. The third-order valence-corrected chi connectivity index (χ3v) is 4.64. The minimum Gasteiger partial charge on any atom is -0.455 e. The van der Waals surface area contributed by atoms with E-state index in [2.05, 4.69) is 0 Å². The highest BCUT2D eigenvalue weighted by molar-refractivity contribution is 5.67. The van der Waals surface area contributed by atoms with Gasteiger partial charge in [-0.2, -0.15) is 0 Å². The Hall–Kier alpha value is -2.96. The van der Waals surface area contributed by atoms with Crippen molar-refractivity contribution in [3.8, 4) is 0 Å². The Morgan fingerprint density at radius 2 is 1.03 bits per heavy atom. The summed E-state index contributed by atoms with van der Waals surface area (Å²) in [5, 5.41) is 0. The second kappa shape index (κ2) is 10.7. The number of benzene rings is 2. The lowest BCUT2D eigenvalue weighted by atomic mass is 9.95. The second-order valence-corrected chi connectivity index (χ2v) is 7.06. The van der Waals surface area contributed by atoms with Crippen molar-refractivity contribution >= 4 is 11.9 Å². The van der Waals surface area contributed by atoms with E-state index in [-0.39, 0.29) is 0 Å². The third kappa shape index (κ3) is 6.27. The number of carbonyl (C=O) groups excluding carboxylic acids is 2. The van der Waals surface area contributed by atoms with Crippen molar-refractivity contribution in [1.29, 1.82) is 0 Å². The van der Waals surface area contributed by atoms with Gasteiger partial charge in [0.05, 0.1) is 13.2 Å². The van der Waals surface area contributed by atoms with Gasteiger partial charge in [0.1, 0.15) is 12.2 Å². The molecule has 1 aliphatic rings. The van der Waals surface area contributed by atoms with Crippen LogP contribution in [0.2, 0.25) is 0 Å². The molecule has 2 aromatic carbocycles. The number of hydrogen-bond acceptors (Lipinski definition) is 6. The number of ether oxygens (including phenoxy) is 4. The minimum atomic E-state index is -0.819. The lowest BCUT2D eigenvalue weighted by Gasteiger charge is -2.37. The summed E-state index contributed by atoms with van der Waals surface area (Å²) in [6.07, 6.45) is 0.810. The van der Waals surface area contributed by atoms with Crippen molar-refractivity contribution in [1.82, 2.24) is 0 Å². The molecule has 0 bridgehead atoms. The highest BCUT2D eigenvalue weighted by atomic mass is 16.6. The lowest BCUT2D eigenvalue weighted by Crippen LogP contribution is -2.52. The van der Waals surface area contributed by atoms with E-state index in [9.17, 15) is 9.59 Å². The van der Waals surface area contributed by atoms with Crippen LogP contribution in [0.4, 0.5) is 0 Å². The standard InChI is InChI=1S/C24H26O6/c1-17(25)29-23-21(27-15-19-9-5-3-6-10-19)13-14-22(24(23)30-18(2)26)28-16-20-11-7-4-8-12-20/h3-14,21-24H,15-16H2,1-2H3/t21-,22-,23+,24+/m0/s1. The van der Waals surface area contributed by atoms with Crippen LogP contribution < -0.4 is 0 Å². The SMILES string of the molecule is CC(=O)O[C@H]1[C@H](OC(C)=O)[C@@H](OCc2ccccc2)C=C[C@@H]1OCc1ccccc1. The van der Waals surface area contributed by atoms with Crippen molar-refractivity contribution in [2.75, 3.05) is 0 Å². The molecule has 0 N–H and O–H groups in total. The molecule has 0 aromatic heterocycles. The van der Waals surface area contributed by atoms with Gasteiger partial charge in [-0.05, 0) is 11.1 Å². The Kier molecular flexibility index (Phi) is 7.76. The molecule has 2 aromatic rings. The summed E-state index contributed by atoms with van der Waals surface area (Å²) < 4.78 is 23.0. The monoisotopic (exact) mass is 410 g/mol. The first-order chi connectivity index (χ1) is 14.5. The van der Waals surface area contributed by atoms with Gasteiger partial charge in [0.15, 0.2) is 12.2 Å². The van der Waals surface area contributed by atoms with Gasteiger partial charge in [-0.15, -0.1) is 0 Å². The van der Waals surface area contributed by atoms with Gasteiger partial charge in [-0.3, -0.25) is 9.59 Å². The maximum Gasteiger partial charge on any atom is 0.303 e. The zero-order valence-electron chi connectivity index (χ0n) is 17.1. The van der Waals surface area contributed by atoms with E-state index in [0.717, 1.165) is 11.1 Å². The highest BCUT2D eigenvalue weighted by Gasteiger charge is 2.42. The minimum absolute atomic E-state index is 0.329. The number of hydrogen-bond donors (Lipinski definition) is 0. The van der Waals surface area contributed by atoms with E-state index in [1.807, 2.05) is 60.7 Å². The predicted molar refractivity (Wildman–Crippen MR) is 110 cm³/mol. The van der Waals surface area contributed by atoms with E-state index in [4.69, 9.17) is 18.9 Å². The smallest absolute Gasteiger partial charge is 0.303 e. The molecular weight excluding hydrogens is 384 g/mol. The molecule has 0 unspecified atom stereocenters. The van der Waals surface area contributed by atoms with Crippen LogP contribution in [-0.2, 0) is 41.8 Å². The average Bonchev–Trinajstić information content (AvgIpc) is 2.74. The van der Waals surface area contributed by atoms with E-state index in [1.165, 1.54) is 13.8 Å². The summed E-state index contributed by atoms with van der Waals surface area (Å²) in [4.78, 5) is 23.5. The fourth-order valence-electron chi connectivity index (χ4n) is 3.30. The van der Waals surface area contributed by atoms with Gasteiger partial charge in [0.25, 0.3) is 0 Å². The summed E-state index contributed by atoms with van der Waals surface area (Å²) >= 11 is 0. The Balaban J connectivity index is 1.77. The summed E-state index contributed by atoms with van der Waals surface area (Å²) in [7, 11) is 0. The first kappa shape index (κ1) is 21.7. The number of esters is 2. The second-order valence-electron chi connectivity index (χ2n) is 7.06. The van der Waals surface area contributed by atoms with E-state index < -0.39 is 36.4 Å². The normalized spacial score (nSPS) is 23.0. The van der Waals surface area contributed by atoms with Crippen LogP contribution in [0.25, 0.3) is 0 Å². The Morgan fingerprint density at radius 1 is 0.667 bits per heavy atom. The average molecular weight is 410 g/mol. The molecule has 0 heterocycles. The molecule has 158 valence electrons. The predicted octanol–water partition coefficient (Wildman–Crippen LogP) is 3.59. The van der Waals surface area contributed by atoms with Crippen LogP contribution in [0.5, 0.6) is 0 Å². The zero-order chi connectivity index (χ0) is 21.3. The van der Waals surface area contributed by atoms with Crippen molar-refractivity contribution in [3.63, 3.8) is 0 Å². The highest BCUT2D eigenvalue weighted by Crippen LogP contribution is 2.26. The van der Waals surface area contributed by atoms with Gasteiger partial charge in [-0.25, -0.2) is 0 Å². The molecule has 0 saturated heterocycles. The van der Waals surface area contributed by atoms with Gasteiger partial charge < -0.3 is 18.9 Å². The van der Waals surface area contributed by atoms with Crippen molar-refractivity contribution in [2.24, 2.45) is 0 Å². The molecule has 0 radical (unpaired) electrons. The van der Waals surface area contributed by atoms with Crippen molar-refractivity contribution in [2.45, 2.75) is 51.5 Å².